The number of aryl methyl sites for hydroxylation is 2. The molecule has 0 aliphatic carbocycles. The molecule has 1 N–H and O–H groups in total. The largest absolute Gasteiger partial charge is 0.356 e. The Labute approximate surface area is 116 Å². The van der Waals surface area contributed by atoms with Crippen LogP contribution in [0.1, 0.15) is 38.2 Å². The molecule has 1 aromatic rings. The van der Waals surface area contributed by atoms with Crippen molar-refractivity contribution in [1.82, 2.24) is 15.3 Å². The monoisotopic (exact) mass is 262 g/mol. The zero-order valence-electron chi connectivity index (χ0n) is 12.6. The van der Waals surface area contributed by atoms with Gasteiger partial charge in [-0.25, -0.2) is 9.97 Å². The highest BCUT2D eigenvalue weighted by Gasteiger charge is 2.21. The summed E-state index contributed by atoms with van der Waals surface area (Å²) in [6.45, 7) is 11.8. The summed E-state index contributed by atoms with van der Waals surface area (Å²) in [5.74, 6) is 2.70. The first-order valence-electron chi connectivity index (χ1n) is 7.35. The third-order valence-corrected chi connectivity index (χ3v) is 3.61. The molecule has 0 aromatic carbocycles. The second kappa shape index (κ2) is 6.33. The van der Waals surface area contributed by atoms with E-state index >= 15 is 0 Å². The minimum atomic E-state index is 0.568. The molecule has 19 heavy (non-hydrogen) atoms. The maximum atomic E-state index is 4.58. The summed E-state index contributed by atoms with van der Waals surface area (Å²) < 4.78 is 0. The predicted molar refractivity (Wildman–Crippen MR) is 79.6 cm³/mol. The Morgan fingerprint density at radius 2 is 2.16 bits per heavy atom. The number of hydrogen-bond acceptors (Lipinski definition) is 4. The summed E-state index contributed by atoms with van der Waals surface area (Å²) in [4.78, 5) is 11.4. The Morgan fingerprint density at radius 3 is 2.84 bits per heavy atom. The number of piperidine rings is 1. The molecule has 0 radical (unpaired) electrons. The molecule has 0 bridgehead atoms. The molecule has 1 atom stereocenters. The first kappa shape index (κ1) is 14.3. The molecule has 0 spiro atoms. The number of anilines is 1. The highest BCUT2D eigenvalue weighted by atomic mass is 15.2. The number of rotatable bonds is 4. The normalized spacial score (nSPS) is 20.1. The minimum absolute atomic E-state index is 0.568. The van der Waals surface area contributed by atoms with Gasteiger partial charge in [-0.1, -0.05) is 13.8 Å². The lowest BCUT2D eigenvalue weighted by Gasteiger charge is -2.34. The summed E-state index contributed by atoms with van der Waals surface area (Å²) in [5.41, 5.74) is 1.06. The lowest BCUT2D eigenvalue weighted by Crippen LogP contribution is -2.41. The maximum Gasteiger partial charge on any atom is 0.132 e. The Balaban J connectivity index is 2.00. The van der Waals surface area contributed by atoms with E-state index in [0.29, 0.717) is 6.04 Å². The first-order chi connectivity index (χ1) is 9.04. The van der Waals surface area contributed by atoms with Crippen LogP contribution in [-0.4, -0.2) is 35.6 Å². The van der Waals surface area contributed by atoms with E-state index in [-0.39, 0.29) is 0 Å². The topological polar surface area (TPSA) is 41.0 Å². The highest BCUT2D eigenvalue weighted by Crippen LogP contribution is 2.21. The molecule has 1 aromatic heterocycles. The standard InChI is InChI=1S/C15H26N4/c1-11(2)16-9-14-6-5-7-19(10-14)15-8-12(3)17-13(4)18-15/h8,11,14,16H,5-7,9-10H2,1-4H3. The summed E-state index contributed by atoms with van der Waals surface area (Å²) in [7, 11) is 0. The Kier molecular flexibility index (Phi) is 4.75. The van der Waals surface area contributed by atoms with Gasteiger partial charge in [0.25, 0.3) is 0 Å². The van der Waals surface area contributed by atoms with Gasteiger partial charge in [0.2, 0.25) is 0 Å². The lowest BCUT2D eigenvalue weighted by atomic mass is 9.97. The van der Waals surface area contributed by atoms with Crippen molar-refractivity contribution in [3.05, 3.63) is 17.6 Å². The van der Waals surface area contributed by atoms with Crippen molar-refractivity contribution in [3.63, 3.8) is 0 Å². The SMILES string of the molecule is Cc1cc(N2CCCC(CNC(C)C)C2)nc(C)n1. The second-order valence-corrected chi connectivity index (χ2v) is 5.93. The van der Waals surface area contributed by atoms with E-state index in [9.17, 15) is 0 Å². The van der Waals surface area contributed by atoms with Gasteiger partial charge in [-0.05, 0) is 39.2 Å². The molecule has 4 heteroatoms. The Morgan fingerprint density at radius 1 is 1.37 bits per heavy atom. The maximum absolute atomic E-state index is 4.58. The minimum Gasteiger partial charge on any atom is -0.356 e. The second-order valence-electron chi connectivity index (χ2n) is 5.93. The van der Waals surface area contributed by atoms with Crippen LogP contribution in [0.2, 0.25) is 0 Å². The third kappa shape index (κ3) is 4.16. The van der Waals surface area contributed by atoms with Crippen molar-refractivity contribution < 1.29 is 0 Å². The van der Waals surface area contributed by atoms with Gasteiger partial charge in [0, 0.05) is 30.9 Å². The van der Waals surface area contributed by atoms with Crippen molar-refractivity contribution >= 4 is 5.82 Å². The highest BCUT2D eigenvalue weighted by molar-refractivity contribution is 5.40. The summed E-state index contributed by atoms with van der Waals surface area (Å²) in [6.07, 6.45) is 2.58. The average molecular weight is 262 g/mol. The van der Waals surface area contributed by atoms with Crippen LogP contribution in [-0.2, 0) is 0 Å². The van der Waals surface area contributed by atoms with Crippen LogP contribution in [0.15, 0.2) is 6.07 Å². The fraction of sp³-hybridized carbons (Fsp3) is 0.733. The van der Waals surface area contributed by atoms with Gasteiger partial charge < -0.3 is 10.2 Å². The van der Waals surface area contributed by atoms with Crippen LogP contribution < -0.4 is 10.2 Å². The van der Waals surface area contributed by atoms with Crippen molar-refractivity contribution in [2.75, 3.05) is 24.5 Å². The molecule has 106 valence electrons. The molecular formula is C15H26N4. The van der Waals surface area contributed by atoms with Crippen LogP contribution in [0, 0.1) is 19.8 Å². The van der Waals surface area contributed by atoms with Gasteiger partial charge in [-0.2, -0.15) is 0 Å². The van der Waals surface area contributed by atoms with Crippen LogP contribution in [0.25, 0.3) is 0 Å². The Bertz CT molecular complexity index is 396. The fourth-order valence-electron chi connectivity index (χ4n) is 2.70. The quantitative estimate of drug-likeness (QED) is 0.904. The van der Waals surface area contributed by atoms with Crippen molar-refractivity contribution in [3.8, 4) is 0 Å². The smallest absolute Gasteiger partial charge is 0.132 e. The van der Waals surface area contributed by atoms with Crippen molar-refractivity contribution in [2.45, 2.75) is 46.6 Å². The van der Waals surface area contributed by atoms with Crippen molar-refractivity contribution in [2.24, 2.45) is 5.92 Å². The fourth-order valence-corrected chi connectivity index (χ4v) is 2.70. The van der Waals surface area contributed by atoms with Crippen LogP contribution in [0.3, 0.4) is 0 Å². The van der Waals surface area contributed by atoms with Gasteiger partial charge in [0.1, 0.15) is 11.6 Å². The molecule has 2 rings (SSSR count). The Hall–Kier alpha value is -1.16. The number of hydrogen-bond donors (Lipinski definition) is 1. The van der Waals surface area contributed by atoms with Gasteiger partial charge in [-0.15, -0.1) is 0 Å². The van der Waals surface area contributed by atoms with E-state index in [2.05, 4.69) is 40.1 Å². The van der Waals surface area contributed by atoms with Gasteiger partial charge >= 0.3 is 0 Å². The predicted octanol–water partition coefficient (Wildman–Crippen LogP) is 2.31. The van der Waals surface area contributed by atoms with E-state index < -0.39 is 0 Å². The van der Waals surface area contributed by atoms with E-state index in [0.717, 1.165) is 42.9 Å². The van der Waals surface area contributed by atoms with E-state index in [1.54, 1.807) is 0 Å². The molecule has 1 fully saturated rings. The van der Waals surface area contributed by atoms with E-state index in [1.807, 2.05) is 13.8 Å². The molecular weight excluding hydrogens is 236 g/mol. The molecule has 4 nitrogen and oxygen atoms in total. The summed E-state index contributed by atoms with van der Waals surface area (Å²) in [5, 5.41) is 3.55. The first-order valence-corrected chi connectivity index (χ1v) is 7.35. The molecule has 0 amide bonds. The number of nitrogens with one attached hydrogen (secondary N) is 1. The van der Waals surface area contributed by atoms with Gasteiger partial charge in [0.15, 0.2) is 0 Å². The number of aromatic nitrogens is 2. The molecule has 1 saturated heterocycles. The number of nitrogens with zero attached hydrogens (tertiary/aromatic N) is 3. The van der Waals surface area contributed by atoms with Crippen LogP contribution in [0.5, 0.6) is 0 Å². The van der Waals surface area contributed by atoms with Crippen molar-refractivity contribution in [1.29, 1.82) is 0 Å². The summed E-state index contributed by atoms with van der Waals surface area (Å²) in [6, 6.07) is 2.67. The van der Waals surface area contributed by atoms with E-state index in [1.165, 1.54) is 12.8 Å². The summed E-state index contributed by atoms with van der Waals surface area (Å²) >= 11 is 0. The molecule has 1 aliphatic rings. The lowest BCUT2D eigenvalue weighted by molar-refractivity contribution is 0.378. The van der Waals surface area contributed by atoms with E-state index in [4.69, 9.17) is 0 Å². The molecule has 1 unspecified atom stereocenters. The zero-order valence-corrected chi connectivity index (χ0v) is 12.6. The van der Waals surface area contributed by atoms with Crippen LogP contribution >= 0.6 is 0 Å². The third-order valence-electron chi connectivity index (χ3n) is 3.61. The average Bonchev–Trinajstić information content (AvgIpc) is 2.35. The molecule has 0 saturated carbocycles. The molecule has 1 aliphatic heterocycles. The van der Waals surface area contributed by atoms with Gasteiger partial charge in [0.05, 0.1) is 0 Å². The van der Waals surface area contributed by atoms with Crippen LogP contribution in [0.4, 0.5) is 5.82 Å². The zero-order chi connectivity index (χ0) is 13.8. The molecule has 2 heterocycles. The van der Waals surface area contributed by atoms with Gasteiger partial charge in [-0.3, -0.25) is 0 Å².